The second-order valence-corrected chi connectivity index (χ2v) is 3.83. The van der Waals surface area contributed by atoms with Gasteiger partial charge in [-0.2, -0.15) is 0 Å². The standard InChI is InChI=1S/C10H23N3O2/c1-14-10(15-2)4-3-9(11)13-7-5-12-6-8-13/h9-10,12H,3-8,11H2,1-2H3. The summed E-state index contributed by atoms with van der Waals surface area (Å²) in [6, 6.07) is 0. The van der Waals surface area contributed by atoms with Crippen LogP contribution >= 0.6 is 0 Å². The molecular weight excluding hydrogens is 194 g/mol. The van der Waals surface area contributed by atoms with Gasteiger partial charge in [0.05, 0.1) is 6.17 Å². The fourth-order valence-electron chi connectivity index (χ4n) is 1.84. The summed E-state index contributed by atoms with van der Waals surface area (Å²) in [6.45, 7) is 4.13. The largest absolute Gasteiger partial charge is 0.356 e. The van der Waals surface area contributed by atoms with Gasteiger partial charge < -0.3 is 20.5 Å². The van der Waals surface area contributed by atoms with E-state index in [2.05, 4.69) is 10.2 Å². The van der Waals surface area contributed by atoms with Crippen molar-refractivity contribution in [2.75, 3.05) is 40.4 Å². The highest BCUT2D eigenvalue weighted by Crippen LogP contribution is 2.07. The van der Waals surface area contributed by atoms with Crippen molar-refractivity contribution in [3.05, 3.63) is 0 Å². The van der Waals surface area contributed by atoms with Crippen LogP contribution in [-0.2, 0) is 9.47 Å². The molecule has 0 spiro atoms. The summed E-state index contributed by atoms with van der Waals surface area (Å²) in [5.41, 5.74) is 6.09. The van der Waals surface area contributed by atoms with Crippen molar-refractivity contribution in [2.45, 2.75) is 25.3 Å². The zero-order chi connectivity index (χ0) is 11.1. The number of piperazine rings is 1. The van der Waals surface area contributed by atoms with Crippen LogP contribution in [-0.4, -0.2) is 57.8 Å². The molecule has 90 valence electrons. The third-order valence-electron chi connectivity index (χ3n) is 2.84. The quantitative estimate of drug-likeness (QED) is 0.592. The molecule has 1 rings (SSSR count). The number of hydrogen-bond acceptors (Lipinski definition) is 5. The number of ether oxygens (including phenoxy) is 2. The maximum absolute atomic E-state index is 6.09. The Bertz CT molecular complexity index is 159. The molecule has 5 heteroatoms. The van der Waals surface area contributed by atoms with Gasteiger partial charge in [-0.3, -0.25) is 4.90 Å². The van der Waals surface area contributed by atoms with Crippen LogP contribution in [0.15, 0.2) is 0 Å². The summed E-state index contributed by atoms with van der Waals surface area (Å²) >= 11 is 0. The highest BCUT2D eigenvalue weighted by molar-refractivity contribution is 4.72. The summed E-state index contributed by atoms with van der Waals surface area (Å²) < 4.78 is 10.3. The molecule has 0 radical (unpaired) electrons. The van der Waals surface area contributed by atoms with Gasteiger partial charge in [-0.25, -0.2) is 0 Å². The van der Waals surface area contributed by atoms with E-state index < -0.39 is 0 Å². The van der Waals surface area contributed by atoms with E-state index in [1.807, 2.05) is 0 Å². The van der Waals surface area contributed by atoms with Crippen LogP contribution in [0, 0.1) is 0 Å². The molecule has 0 amide bonds. The van der Waals surface area contributed by atoms with Crippen molar-refractivity contribution in [3.8, 4) is 0 Å². The van der Waals surface area contributed by atoms with Gasteiger partial charge in [0.15, 0.2) is 6.29 Å². The molecule has 1 heterocycles. The van der Waals surface area contributed by atoms with Gasteiger partial charge in [0, 0.05) is 46.8 Å². The Labute approximate surface area is 91.9 Å². The highest BCUT2D eigenvalue weighted by atomic mass is 16.7. The van der Waals surface area contributed by atoms with E-state index in [1.54, 1.807) is 14.2 Å². The third-order valence-corrected chi connectivity index (χ3v) is 2.84. The summed E-state index contributed by atoms with van der Waals surface area (Å²) in [5, 5.41) is 3.31. The molecule has 0 aromatic carbocycles. The summed E-state index contributed by atoms with van der Waals surface area (Å²) in [7, 11) is 3.31. The first kappa shape index (κ1) is 12.9. The first-order chi connectivity index (χ1) is 7.27. The van der Waals surface area contributed by atoms with Crippen molar-refractivity contribution < 1.29 is 9.47 Å². The molecular formula is C10H23N3O2. The third kappa shape index (κ3) is 4.44. The van der Waals surface area contributed by atoms with E-state index in [-0.39, 0.29) is 12.5 Å². The maximum Gasteiger partial charge on any atom is 0.156 e. The van der Waals surface area contributed by atoms with E-state index in [0.717, 1.165) is 39.0 Å². The smallest absolute Gasteiger partial charge is 0.156 e. The molecule has 1 saturated heterocycles. The van der Waals surface area contributed by atoms with Gasteiger partial charge in [0.25, 0.3) is 0 Å². The molecule has 0 aromatic heterocycles. The normalized spacial score (nSPS) is 20.8. The average Bonchev–Trinajstić information content (AvgIpc) is 2.31. The highest BCUT2D eigenvalue weighted by Gasteiger charge is 2.17. The van der Waals surface area contributed by atoms with Crippen LogP contribution in [0.1, 0.15) is 12.8 Å². The second kappa shape index (κ2) is 7.14. The van der Waals surface area contributed by atoms with Crippen LogP contribution in [0.3, 0.4) is 0 Å². The Morgan fingerprint density at radius 3 is 2.33 bits per heavy atom. The number of hydrogen-bond donors (Lipinski definition) is 2. The summed E-state index contributed by atoms with van der Waals surface area (Å²) in [4.78, 5) is 2.30. The topological polar surface area (TPSA) is 59.8 Å². The Morgan fingerprint density at radius 2 is 1.80 bits per heavy atom. The molecule has 1 unspecified atom stereocenters. The zero-order valence-electron chi connectivity index (χ0n) is 9.74. The zero-order valence-corrected chi connectivity index (χ0v) is 9.74. The molecule has 5 nitrogen and oxygen atoms in total. The van der Waals surface area contributed by atoms with Crippen molar-refractivity contribution >= 4 is 0 Å². The molecule has 0 saturated carbocycles. The lowest BCUT2D eigenvalue weighted by molar-refractivity contribution is -0.109. The fraction of sp³-hybridized carbons (Fsp3) is 1.00. The van der Waals surface area contributed by atoms with E-state index in [9.17, 15) is 0 Å². The Kier molecular flexibility index (Phi) is 6.12. The molecule has 3 N–H and O–H groups in total. The predicted octanol–water partition coefficient (Wildman–Crippen LogP) is -0.424. The Morgan fingerprint density at radius 1 is 1.20 bits per heavy atom. The maximum atomic E-state index is 6.09. The number of nitrogens with one attached hydrogen (secondary N) is 1. The fourth-order valence-corrected chi connectivity index (χ4v) is 1.84. The van der Waals surface area contributed by atoms with Gasteiger partial charge in [-0.15, -0.1) is 0 Å². The van der Waals surface area contributed by atoms with E-state index >= 15 is 0 Å². The lowest BCUT2D eigenvalue weighted by atomic mass is 10.2. The predicted molar refractivity (Wildman–Crippen MR) is 59.5 cm³/mol. The molecule has 0 aliphatic carbocycles. The van der Waals surface area contributed by atoms with Crippen LogP contribution in [0.25, 0.3) is 0 Å². The van der Waals surface area contributed by atoms with Gasteiger partial charge in [-0.1, -0.05) is 0 Å². The lowest BCUT2D eigenvalue weighted by Crippen LogP contribution is -2.52. The van der Waals surface area contributed by atoms with Crippen molar-refractivity contribution in [1.29, 1.82) is 0 Å². The Balaban J connectivity index is 2.18. The molecule has 1 aliphatic heterocycles. The summed E-state index contributed by atoms with van der Waals surface area (Å²) in [5.74, 6) is 0. The average molecular weight is 217 g/mol. The first-order valence-corrected chi connectivity index (χ1v) is 5.54. The van der Waals surface area contributed by atoms with Gasteiger partial charge >= 0.3 is 0 Å². The molecule has 0 aromatic rings. The summed E-state index contributed by atoms with van der Waals surface area (Å²) in [6.07, 6.45) is 1.75. The van der Waals surface area contributed by atoms with E-state index in [1.165, 1.54) is 0 Å². The SMILES string of the molecule is COC(CCC(N)N1CCNCC1)OC. The molecule has 1 atom stereocenters. The monoisotopic (exact) mass is 217 g/mol. The minimum absolute atomic E-state index is 0.125. The van der Waals surface area contributed by atoms with Crippen molar-refractivity contribution in [2.24, 2.45) is 5.73 Å². The van der Waals surface area contributed by atoms with Crippen LogP contribution in [0.5, 0.6) is 0 Å². The molecule has 1 aliphatic rings. The van der Waals surface area contributed by atoms with Crippen molar-refractivity contribution in [1.82, 2.24) is 10.2 Å². The van der Waals surface area contributed by atoms with Crippen molar-refractivity contribution in [3.63, 3.8) is 0 Å². The van der Waals surface area contributed by atoms with Gasteiger partial charge in [-0.05, 0) is 6.42 Å². The number of rotatable bonds is 6. The minimum Gasteiger partial charge on any atom is -0.356 e. The van der Waals surface area contributed by atoms with Crippen LogP contribution in [0.2, 0.25) is 0 Å². The van der Waals surface area contributed by atoms with Gasteiger partial charge in [0.2, 0.25) is 0 Å². The Hall–Kier alpha value is -0.200. The van der Waals surface area contributed by atoms with Gasteiger partial charge in [0.1, 0.15) is 0 Å². The van der Waals surface area contributed by atoms with Crippen LogP contribution < -0.4 is 11.1 Å². The number of nitrogens with zero attached hydrogens (tertiary/aromatic N) is 1. The van der Waals surface area contributed by atoms with E-state index in [0.29, 0.717) is 0 Å². The number of nitrogens with two attached hydrogens (primary N) is 1. The van der Waals surface area contributed by atoms with Crippen LogP contribution in [0.4, 0.5) is 0 Å². The number of methoxy groups -OCH3 is 2. The first-order valence-electron chi connectivity index (χ1n) is 5.54. The molecule has 15 heavy (non-hydrogen) atoms. The van der Waals surface area contributed by atoms with E-state index in [4.69, 9.17) is 15.2 Å². The molecule has 1 fully saturated rings. The lowest BCUT2D eigenvalue weighted by Gasteiger charge is -2.33. The second-order valence-electron chi connectivity index (χ2n) is 3.83. The molecule has 0 bridgehead atoms. The minimum atomic E-state index is -0.126.